The second-order valence-corrected chi connectivity index (χ2v) is 4.51. The predicted molar refractivity (Wildman–Crippen MR) is 71.6 cm³/mol. The van der Waals surface area contributed by atoms with Crippen molar-refractivity contribution >= 4 is 11.6 Å². The zero-order valence-corrected chi connectivity index (χ0v) is 11.5. The highest BCUT2D eigenvalue weighted by Gasteiger charge is 2.17. The zero-order valence-electron chi connectivity index (χ0n) is 10.7. The average molecular weight is 266 g/mol. The van der Waals surface area contributed by atoms with E-state index in [9.17, 15) is 0 Å². The van der Waals surface area contributed by atoms with Crippen LogP contribution < -0.4 is 5.32 Å². The molecule has 0 bridgehead atoms. The van der Waals surface area contributed by atoms with Gasteiger partial charge in [-0.05, 0) is 38.1 Å². The molecule has 2 rings (SSSR count). The lowest BCUT2D eigenvalue weighted by Gasteiger charge is -2.07. The van der Waals surface area contributed by atoms with Gasteiger partial charge in [-0.3, -0.25) is 0 Å². The van der Waals surface area contributed by atoms with E-state index in [1.807, 2.05) is 32.2 Å². The predicted octanol–water partition coefficient (Wildman–Crippen LogP) is 3.37. The van der Waals surface area contributed by atoms with Crippen molar-refractivity contribution in [3.63, 3.8) is 0 Å². The fraction of sp³-hybridized carbons (Fsp3) is 0.385. The van der Waals surface area contributed by atoms with Crippen LogP contribution >= 0.6 is 11.6 Å². The molecule has 0 aliphatic heterocycles. The van der Waals surface area contributed by atoms with Gasteiger partial charge < -0.3 is 9.73 Å². The summed E-state index contributed by atoms with van der Waals surface area (Å²) in [5, 5.41) is 12.0. The van der Waals surface area contributed by atoms with Gasteiger partial charge in [0.1, 0.15) is 0 Å². The molecule has 0 amide bonds. The lowest BCUT2D eigenvalue weighted by molar-refractivity contribution is 0.415. The topological polar surface area (TPSA) is 51.0 Å². The van der Waals surface area contributed by atoms with Crippen LogP contribution in [0.15, 0.2) is 22.6 Å². The Morgan fingerprint density at radius 3 is 2.83 bits per heavy atom. The van der Waals surface area contributed by atoms with Crippen molar-refractivity contribution in [2.24, 2.45) is 0 Å². The number of aromatic nitrogens is 2. The molecule has 1 aromatic carbocycles. The number of hydrogen-bond acceptors (Lipinski definition) is 4. The maximum absolute atomic E-state index is 6.09. The second kappa shape index (κ2) is 5.50. The van der Waals surface area contributed by atoms with E-state index >= 15 is 0 Å². The van der Waals surface area contributed by atoms with Gasteiger partial charge in [-0.15, -0.1) is 10.2 Å². The Balaban J connectivity index is 2.38. The highest BCUT2D eigenvalue weighted by Crippen LogP contribution is 2.28. The van der Waals surface area contributed by atoms with E-state index in [1.165, 1.54) is 0 Å². The van der Waals surface area contributed by atoms with E-state index in [4.69, 9.17) is 16.0 Å². The fourth-order valence-corrected chi connectivity index (χ4v) is 2.00. The maximum Gasteiger partial charge on any atom is 0.248 e. The average Bonchev–Trinajstić information content (AvgIpc) is 2.84. The molecule has 18 heavy (non-hydrogen) atoms. The van der Waals surface area contributed by atoms with Crippen LogP contribution in [0, 0.1) is 6.92 Å². The van der Waals surface area contributed by atoms with Gasteiger partial charge in [-0.1, -0.05) is 24.6 Å². The van der Waals surface area contributed by atoms with E-state index < -0.39 is 0 Å². The standard InChI is InChI=1S/C13H16ClN3O/c1-4-11(15-3)13-17-16-12(18-13)9-6-5-7-10(14)8(9)2/h5-7,11,15H,4H2,1-3H3. The number of nitrogens with one attached hydrogen (secondary N) is 1. The summed E-state index contributed by atoms with van der Waals surface area (Å²) in [6.07, 6.45) is 0.895. The first kappa shape index (κ1) is 13.1. The van der Waals surface area contributed by atoms with Crippen LogP contribution in [0.1, 0.15) is 30.8 Å². The van der Waals surface area contributed by atoms with Gasteiger partial charge in [-0.2, -0.15) is 0 Å². The molecule has 1 unspecified atom stereocenters. The van der Waals surface area contributed by atoms with Crippen molar-refractivity contribution in [2.45, 2.75) is 26.3 Å². The summed E-state index contributed by atoms with van der Waals surface area (Å²) < 4.78 is 5.71. The van der Waals surface area contributed by atoms with Crippen molar-refractivity contribution < 1.29 is 4.42 Å². The molecule has 96 valence electrons. The molecule has 1 atom stereocenters. The third-order valence-electron chi connectivity index (χ3n) is 2.99. The molecular weight excluding hydrogens is 250 g/mol. The Hall–Kier alpha value is -1.39. The molecule has 5 heteroatoms. The van der Waals surface area contributed by atoms with Crippen molar-refractivity contribution in [3.05, 3.63) is 34.7 Å². The Morgan fingerprint density at radius 2 is 2.17 bits per heavy atom. The lowest BCUT2D eigenvalue weighted by Crippen LogP contribution is -2.15. The molecule has 0 aliphatic rings. The minimum atomic E-state index is 0.0886. The highest BCUT2D eigenvalue weighted by atomic mass is 35.5. The first-order valence-corrected chi connectivity index (χ1v) is 6.31. The quantitative estimate of drug-likeness (QED) is 0.921. The summed E-state index contributed by atoms with van der Waals surface area (Å²) >= 11 is 6.09. The van der Waals surface area contributed by atoms with E-state index in [-0.39, 0.29) is 6.04 Å². The minimum absolute atomic E-state index is 0.0886. The zero-order chi connectivity index (χ0) is 13.1. The molecule has 0 radical (unpaired) electrons. The van der Waals surface area contributed by atoms with Crippen LogP contribution in [-0.2, 0) is 0 Å². The summed E-state index contributed by atoms with van der Waals surface area (Å²) in [5.74, 6) is 1.12. The highest BCUT2D eigenvalue weighted by molar-refractivity contribution is 6.31. The van der Waals surface area contributed by atoms with Gasteiger partial charge in [0.25, 0.3) is 0 Å². The summed E-state index contributed by atoms with van der Waals surface area (Å²) in [6, 6.07) is 5.74. The molecule has 0 saturated carbocycles. The van der Waals surface area contributed by atoms with Crippen molar-refractivity contribution in [1.29, 1.82) is 0 Å². The number of nitrogens with zero attached hydrogens (tertiary/aromatic N) is 2. The van der Waals surface area contributed by atoms with Crippen molar-refractivity contribution in [1.82, 2.24) is 15.5 Å². The summed E-state index contributed by atoms with van der Waals surface area (Å²) in [7, 11) is 1.88. The number of hydrogen-bond donors (Lipinski definition) is 1. The molecule has 1 heterocycles. The van der Waals surface area contributed by atoms with E-state index in [0.717, 1.165) is 17.5 Å². The molecule has 0 saturated heterocycles. The van der Waals surface area contributed by atoms with Gasteiger partial charge in [0.05, 0.1) is 6.04 Å². The third kappa shape index (κ3) is 2.40. The SMILES string of the molecule is CCC(NC)c1nnc(-c2cccc(Cl)c2C)o1. The molecule has 0 fully saturated rings. The summed E-state index contributed by atoms with van der Waals surface area (Å²) in [4.78, 5) is 0. The Labute approximate surface area is 111 Å². The molecule has 4 nitrogen and oxygen atoms in total. The molecule has 2 aromatic rings. The smallest absolute Gasteiger partial charge is 0.248 e. The van der Waals surface area contributed by atoms with Crippen LogP contribution in [0.4, 0.5) is 0 Å². The van der Waals surface area contributed by atoms with E-state index in [1.54, 1.807) is 0 Å². The first-order chi connectivity index (χ1) is 8.67. The monoisotopic (exact) mass is 265 g/mol. The fourth-order valence-electron chi connectivity index (χ4n) is 1.83. The number of rotatable bonds is 4. The molecule has 1 aromatic heterocycles. The minimum Gasteiger partial charge on any atom is -0.419 e. The normalized spacial score (nSPS) is 12.7. The van der Waals surface area contributed by atoms with Crippen molar-refractivity contribution in [3.8, 4) is 11.5 Å². The number of benzene rings is 1. The van der Waals surface area contributed by atoms with Gasteiger partial charge in [0.15, 0.2) is 0 Å². The van der Waals surface area contributed by atoms with Crippen LogP contribution in [0.25, 0.3) is 11.5 Å². The van der Waals surface area contributed by atoms with Crippen LogP contribution in [0.2, 0.25) is 5.02 Å². The van der Waals surface area contributed by atoms with Gasteiger partial charge >= 0.3 is 0 Å². The first-order valence-electron chi connectivity index (χ1n) is 5.93. The number of halogens is 1. The summed E-state index contributed by atoms with van der Waals surface area (Å²) in [5.41, 5.74) is 1.83. The second-order valence-electron chi connectivity index (χ2n) is 4.11. The molecule has 0 spiro atoms. The summed E-state index contributed by atoms with van der Waals surface area (Å²) in [6.45, 7) is 4.01. The van der Waals surface area contributed by atoms with Gasteiger partial charge in [0, 0.05) is 10.6 Å². The Kier molecular flexibility index (Phi) is 3.99. The van der Waals surface area contributed by atoms with Gasteiger partial charge in [0.2, 0.25) is 11.8 Å². The lowest BCUT2D eigenvalue weighted by atomic mass is 10.1. The molecular formula is C13H16ClN3O. The largest absolute Gasteiger partial charge is 0.419 e. The van der Waals surface area contributed by atoms with Crippen LogP contribution in [0.3, 0.4) is 0 Å². The van der Waals surface area contributed by atoms with Crippen molar-refractivity contribution in [2.75, 3.05) is 7.05 Å². The Bertz CT molecular complexity index is 535. The molecule has 1 N–H and O–H groups in total. The third-order valence-corrected chi connectivity index (χ3v) is 3.40. The maximum atomic E-state index is 6.09. The van der Waals surface area contributed by atoms with Crippen LogP contribution in [0.5, 0.6) is 0 Å². The van der Waals surface area contributed by atoms with Crippen LogP contribution in [-0.4, -0.2) is 17.2 Å². The van der Waals surface area contributed by atoms with Gasteiger partial charge in [-0.25, -0.2) is 0 Å². The molecule has 0 aliphatic carbocycles. The van der Waals surface area contributed by atoms with E-state index in [0.29, 0.717) is 16.8 Å². The Morgan fingerprint density at radius 1 is 1.39 bits per heavy atom. The van der Waals surface area contributed by atoms with E-state index in [2.05, 4.69) is 22.4 Å².